The van der Waals surface area contributed by atoms with E-state index >= 15 is 0 Å². The lowest BCUT2D eigenvalue weighted by Crippen LogP contribution is -2.03. The highest BCUT2D eigenvalue weighted by molar-refractivity contribution is 5.96. The van der Waals surface area contributed by atoms with Crippen molar-refractivity contribution in [3.63, 3.8) is 0 Å². The molecular formula is C28H32N2. The fraction of sp³-hybridized carbons (Fsp3) is 0.321. The summed E-state index contributed by atoms with van der Waals surface area (Å²) in [5, 5.41) is 1.25. The molecule has 0 unspecified atom stereocenters. The topological polar surface area (TPSA) is 28.7 Å². The minimum absolute atomic E-state index is 0.919. The molecule has 0 atom stereocenters. The standard InChI is InChI=1S/C28H32N2/c1-15-9-10-24(20(6)16(15)2)25-11-12-29-28-27(25)23(14-30-28)13-26-21(7)18(4)17(3)19(5)22(26)8/h9-12,14H,13H2,1-8H3,(H,29,30). The van der Waals surface area contributed by atoms with Crippen molar-refractivity contribution in [3.8, 4) is 11.1 Å². The van der Waals surface area contributed by atoms with Crippen LogP contribution in [0.2, 0.25) is 0 Å². The van der Waals surface area contributed by atoms with Crippen molar-refractivity contribution in [1.82, 2.24) is 9.97 Å². The Bertz CT molecular complexity index is 1260. The fourth-order valence-corrected chi connectivity index (χ4v) is 4.77. The zero-order valence-corrected chi connectivity index (χ0v) is 19.5. The second kappa shape index (κ2) is 7.43. The van der Waals surface area contributed by atoms with Crippen LogP contribution in [0.5, 0.6) is 0 Å². The third kappa shape index (κ3) is 3.06. The number of nitrogens with one attached hydrogen (secondary N) is 1. The smallest absolute Gasteiger partial charge is 0.138 e. The third-order valence-corrected chi connectivity index (χ3v) is 7.53. The van der Waals surface area contributed by atoms with Crippen LogP contribution in [0.1, 0.15) is 55.6 Å². The van der Waals surface area contributed by atoms with Crippen molar-refractivity contribution in [1.29, 1.82) is 0 Å². The van der Waals surface area contributed by atoms with Crippen LogP contribution in [-0.4, -0.2) is 9.97 Å². The molecule has 1 N–H and O–H groups in total. The van der Waals surface area contributed by atoms with Crippen LogP contribution in [0.3, 0.4) is 0 Å². The Morgan fingerprint density at radius 1 is 0.667 bits per heavy atom. The first-order chi connectivity index (χ1) is 14.2. The fourth-order valence-electron chi connectivity index (χ4n) is 4.77. The van der Waals surface area contributed by atoms with Crippen molar-refractivity contribution in [2.45, 2.75) is 61.8 Å². The quantitative estimate of drug-likeness (QED) is 0.387. The number of H-pyrrole nitrogens is 1. The number of hydrogen-bond acceptors (Lipinski definition) is 1. The van der Waals surface area contributed by atoms with Gasteiger partial charge in [-0.05, 0) is 128 Å². The SMILES string of the molecule is Cc1ccc(-c2ccnc3[nH]cc(Cc4c(C)c(C)c(C)c(C)c4C)c23)c(C)c1C. The van der Waals surface area contributed by atoms with E-state index in [1.54, 1.807) is 0 Å². The number of nitrogens with zero attached hydrogens (tertiary/aromatic N) is 1. The van der Waals surface area contributed by atoms with Gasteiger partial charge >= 0.3 is 0 Å². The first kappa shape index (κ1) is 20.4. The molecular weight excluding hydrogens is 364 g/mol. The second-order valence-electron chi connectivity index (χ2n) is 8.86. The third-order valence-electron chi connectivity index (χ3n) is 7.53. The number of pyridine rings is 1. The maximum Gasteiger partial charge on any atom is 0.138 e. The predicted octanol–water partition coefficient (Wildman–Crippen LogP) is 7.29. The Morgan fingerprint density at radius 2 is 1.30 bits per heavy atom. The Labute approximate surface area is 180 Å². The maximum atomic E-state index is 4.64. The summed E-state index contributed by atoms with van der Waals surface area (Å²) >= 11 is 0. The number of benzene rings is 2. The lowest BCUT2D eigenvalue weighted by molar-refractivity contribution is 1.07. The molecule has 2 aromatic carbocycles. The van der Waals surface area contributed by atoms with Gasteiger partial charge in [-0.3, -0.25) is 0 Å². The summed E-state index contributed by atoms with van der Waals surface area (Å²) in [5.41, 5.74) is 17.4. The van der Waals surface area contributed by atoms with Gasteiger partial charge in [0.2, 0.25) is 0 Å². The van der Waals surface area contributed by atoms with Gasteiger partial charge in [0.15, 0.2) is 0 Å². The van der Waals surface area contributed by atoms with Gasteiger partial charge < -0.3 is 4.98 Å². The first-order valence-corrected chi connectivity index (χ1v) is 10.8. The van der Waals surface area contributed by atoms with Gasteiger partial charge in [0.05, 0.1) is 0 Å². The molecule has 4 rings (SSSR count). The molecule has 0 fully saturated rings. The second-order valence-corrected chi connectivity index (χ2v) is 8.86. The molecule has 154 valence electrons. The highest BCUT2D eigenvalue weighted by Crippen LogP contribution is 2.36. The van der Waals surface area contributed by atoms with E-state index in [-0.39, 0.29) is 0 Å². The van der Waals surface area contributed by atoms with E-state index in [0.717, 1.165) is 12.1 Å². The average Bonchev–Trinajstić information content (AvgIpc) is 3.15. The van der Waals surface area contributed by atoms with Crippen molar-refractivity contribution in [2.24, 2.45) is 0 Å². The molecule has 0 aliphatic rings. The van der Waals surface area contributed by atoms with Gasteiger partial charge in [0.1, 0.15) is 5.65 Å². The van der Waals surface area contributed by atoms with Crippen molar-refractivity contribution < 1.29 is 0 Å². The van der Waals surface area contributed by atoms with E-state index in [2.05, 4.69) is 89.8 Å². The first-order valence-electron chi connectivity index (χ1n) is 10.8. The number of fused-ring (bicyclic) bond motifs is 1. The summed E-state index contributed by atoms with van der Waals surface area (Å²) in [7, 11) is 0. The van der Waals surface area contributed by atoms with Crippen LogP contribution >= 0.6 is 0 Å². The van der Waals surface area contributed by atoms with E-state index in [1.807, 2.05) is 6.20 Å². The molecule has 30 heavy (non-hydrogen) atoms. The van der Waals surface area contributed by atoms with E-state index in [9.17, 15) is 0 Å². The largest absolute Gasteiger partial charge is 0.346 e. The summed E-state index contributed by atoms with van der Waals surface area (Å²) in [6, 6.07) is 6.67. The number of aromatic amines is 1. The molecule has 0 bridgehead atoms. The van der Waals surface area contributed by atoms with Crippen LogP contribution in [0.15, 0.2) is 30.6 Å². The summed E-state index contributed by atoms with van der Waals surface area (Å²) < 4.78 is 0. The summed E-state index contributed by atoms with van der Waals surface area (Å²) in [5.74, 6) is 0. The normalized spacial score (nSPS) is 11.5. The average molecular weight is 397 g/mol. The van der Waals surface area contributed by atoms with Crippen LogP contribution in [0, 0.1) is 55.4 Å². The molecule has 0 saturated carbocycles. The molecule has 2 heteroatoms. The highest BCUT2D eigenvalue weighted by atomic mass is 14.8. The van der Waals surface area contributed by atoms with E-state index < -0.39 is 0 Å². The van der Waals surface area contributed by atoms with Gasteiger partial charge in [-0.2, -0.15) is 0 Å². The molecule has 2 aromatic heterocycles. The van der Waals surface area contributed by atoms with Crippen LogP contribution in [0.4, 0.5) is 0 Å². The highest BCUT2D eigenvalue weighted by Gasteiger charge is 2.18. The minimum atomic E-state index is 0.919. The van der Waals surface area contributed by atoms with Crippen molar-refractivity contribution >= 4 is 11.0 Å². The monoisotopic (exact) mass is 396 g/mol. The summed E-state index contributed by atoms with van der Waals surface area (Å²) in [4.78, 5) is 8.07. The van der Waals surface area contributed by atoms with Crippen molar-refractivity contribution in [3.05, 3.63) is 86.2 Å². The van der Waals surface area contributed by atoms with Crippen LogP contribution in [-0.2, 0) is 6.42 Å². The molecule has 0 radical (unpaired) electrons. The van der Waals surface area contributed by atoms with Crippen LogP contribution in [0.25, 0.3) is 22.2 Å². The Balaban J connectivity index is 1.93. The van der Waals surface area contributed by atoms with Gasteiger partial charge in [0.25, 0.3) is 0 Å². The lowest BCUT2D eigenvalue weighted by Gasteiger charge is -2.19. The number of rotatable bonds is 3. The molecule has 0 saturated heterocycles. The van der Waals surface area contributed by atoms with Crippen LogP contribution < -0.4 is 0 Å². The molecule has 0 spiro atoms. The van der Waals surface area contributed by atoms with E-state index in [4.69, 9.17) is 0 Å². The number of aromatic nitrogens is 2. The summed E-state index contributed by atoms with van der Waals surface area (Å²) in [6.07, 6.45) is 4.99. The molecule has 0 amide bonds. The van der Waals surface area contributed by atoms with Gasteiger partial charge in [-0.15, -0.1) is 0 Å². The molecule has 0 aliphatic carbocycles. The van der Waals surface area contributed by atoms with E-state index in [1.165, 1.54) is 72.1 Å². The minimum Gasteiger partial charge on any atom is -0.346 e. The maximum absolute atomic E-state index is 4.64. The number of hydrogen-bond donors (Lipinski definition) is 1. The number of aryl methyl sites for hydroxylation is 1. The van der Waals surface area contributed by atoms with Gasteiger partial charge in [0, 0.05) is 24.2 Å². The lowest BCUT2D eigenvalue weighted by atomic mass is 9.86. The zero-order chi connectivity index (χ0) is 21.7. The Hall–Kier alpha value is -2.87. The van der Waals surface area contributed by atoms with Gasteiger partial charge in [-0.25, -0.2) is 4.98 Å². The van der Waals surface area contributed by atoms with Gasteiger partial charge in [-0.1, -0.05) is 12.1 Å². The molecule has 2 heterocycles. The molecule has 2 nitrogen and oxygen atoms in total. The predicted molar refractivity (Wildman–Crippen MR) is 129 cm³/mol. The van der Waals surface area contributed by atoms with Crippen molar-refractivity contribution in [2.75, 3.05) is 0 Å². The Kier molecular flexibility index (Phi) is 5.05. The molecule has 0 aliphatic heterocycles. The molecule has 4 aromatic rings. The zero-order valence-electron chi connectivity index (χ0n) is 19.5. The summed E-state index contributed by atoms with van der Waals surface area (Å²) in [6.45, 7) is 17.9. The Morgan fingerprint density at radius 3 is 1.97 bits per heavy atom. The van der Waals surface area contributed by atoms with E-state index in [0.29, 0.717) is 0 Å².